The van der Waals surface area contributed by atoms with Crippen molar-refractivity contribution in [3.8, 4) is 0 Å². The highest BCUT2D eigenvalue weighted by molar-refractivity contribution is 9.10. The Labute approximate surface area is 129 Å². The third-order valence-electron chi connectivity index (χ3n) is 3.03. The summed E-state index contributed by atoms with van der Waals surface area (Å²) in [7, 11) is 1.71. The van der Waals surface area contributed by atoms with Crippen LogP contribution in [-0.2, 0) is 18.3 Å². The molecule has 0 fully saturated rings. The molecule has 0 aliphatic carbocycles. The van der Waals surface area contributed by atoms with Crippen LogP contribution in [0.25, 0.3) is 0 Å². The molecule has 0 atom stereocenters. The summed E-state index contributed by atoms with van der Waals surface area (Å²) in [5.41, 5.74) is 1.35. The molecule has 0 saturated heterocycles. The van der Waals surface area contributed by atoms with E-state index in [9.17, 15) is 9.59 Å². The SMILES string of the molecule is CCOC(=O)c1cnn(C)c1Cn1cnc(C)c(Br)c1=O. The van der Waals surface area contributed by atoms with Crippen molar-refractivity contribution < 1.29 is 9.53 Å². The Morgan fingerprint density at radius 1 is 1.48 bits per heavy atom. The second-order valence-corrected chi connectivity index (χ2v) is 5.22. The fourth-order valence-electron chi connectivity index (χ4n) is 1.85. The number of esters is 1. The molecular formula is C13H15BrN4O3. The Balaban J connectivity index is 2.41. The van der Waals surface area contributed by atoms with E-state index in [0.717, 1.165) is 0 Å². The van der Waals surface area contributed by atoms with Gasteiger partial charge in [-0.1, -0.05) is 0 Å². The first-order valence-corrected chi connectivity index (χ1v) is 7.14. The number of aromatic nitrogens is 4. The lowest BCUT2D eigenvalue weighted by atomic mass is 10.2. The van der Waals surface area contributed by atoms with Crippen molar-refractivity contribution in [1.82, 2.24) is 19.3 Å². The first-order chi connectivity index (χ1) is 9.95. The lowest BCUT2D eigenvalue weighted by Gasteiger charge is -2.09. The molecule has 0 aromatic carbocycles. The van der Waals surface area contributed by atoms with Gasteiger partial charge in [-0.05, 0) is 29.8 Å². The van der Waals surface area contributed by atoms with Gasteiger partial charge in [0.15, 0.2) is 0 Å². The minimum absolute atomic E-state index is 0.190. The van der Waals surface area contributed by atoms with E-state index in [1.54, 1.807) is 25.6 Å². The molecule has 0 saturated carbocycles. The van der Waals surface area contributed by atoms with Crippen LogP contribution in [0, 0.1) is 6.92 Å². The van der Waals surface area contributed by atoms with Gasteiger partial charge in [-0.15, -0.1) is 0 Å². The van der Waals surface area contributed by atoms with Gasteiger partial charge in [0.1, 0.15) is 10.0 Å². The molecule has 0 radical (unpaired) electrons. The van der Waals surface area contributed by atoms with Gasteiger partial charge in [0.25, 0.3) is 5.56 Å². The molecule has 8 heteroatoms. The fraction of sp³-hybridized carbons (Fsp3) is 0.385. The summed E-state index contributed by atoms with van der Waals surface area (Å²) in [6.45, 7) is 3.95. The smallest absolute Gasteiger partial charge is 0.341 e. The molecule has 7 nitrogen and oxygen atoms in total. The summed E-state index contributed by atoms with van der Waals surface area (Å²) in [4.78, 5) is 28.2. The summed E-state index contributed by atoms with van der Waals surface area (Å²) in [6, 6.07) is 0. The van der Waals surface area contributed by atoms with Crippen molar-refractivity contribution in [2.24, 2.45) is 7.05 Å². The van der Waals surface area contributed by atoms with Crippen LogP contribution >= 0.6 is 15.9 Å². The number of hydrogen-bond acceptors (Lipinski definition) is 5. The van der Waals surface area contributed by atoms with E-state index < -0.39 is 5.97 Å². The topological polar surface area (TPSA) is 79.0 Å². The summed E-state index contributed by atoms with van der Waals surface area (Å²) in [6.07, 6.45) is 2.89. The second-order valence-electron chi connectivity index (χ2n) is 4.43. The Kier molecular flexibility index (Phi) is 4.56. The third kappa shape index (κ3) is 3.05. The van der Waals surface area contributed by atoms with E-state index in [1.165, 1.54) is 17.1 Å². The number of aryl methyl sites for hydroxylation is 2. The molecule has 0 bridgehead atoms. The average molecular weight is 355 g/mol. The van der Waals surface area contributed by atoms with E-state index in [1.807, 2.05) is 0 Å². The number of carbonyl (C=O) groups excluding carboxylic acids is 1. The molecule has 0 amide bonds. The van der Waals surface area contributed by atoms with E-state index in [0.29, 0.717) is 21.4 Å². The van der Waals surface area contributed by atoms with Crippen LogP contribution in [0.15, 0.2) is 21.8 Å². The molecule has 0 unspecified atom stereocenters. The van der Waals surface area contributed by atoms with Gasteiger partial charge in [-0.2, -0.15) is 5.10 Å². The quantitative estimate of drug-likeness (QED) is 0.772. The predicted molar refractivity (Wildman–Crippen MR) is 79.2 cm³/mol. The van der Waals surface area contributed by atoms with Crippen molar-refractivity contribution in [2.75, 3.05) is 6.61 Å². The number of ether oxygens (including phenoxy) is 1. The Morgan fingerprint density at radius 2 is 2.19 bits per heavy atom. The van der Waals surface area contributed by atoms with Crippen LogP contribution in [0.2, 0.25) is 0 Å². The van der Waals surface area contributed by atoms with Gasteiger partial charge in [-0.25, -0.2) is 9.78 Å². The molecule has 2 aromatic heterocycles. The highest BCUT2D eigenvalue weighted by Crippen LogP contribution is 2.12. The zero-order valence-corrected chi connectivity index (χ0v) is 13.5. The number of nitrogens with zero attached hydrogens (tertiary/aromatic N) is 4. The molecule has 0 aliphatic rings. The number of halogens is 1. The Morgan fingerprint density at radius 3 is 2.86 bits per heavy atom. The van der Waals surface area contributed by atoms with E-state index in [-0.39, 0.29) is 18.7 Å². The predicted octanol–water partition coefficient (Wildman–Crippen LogP) is 1.27. The number of rotatable bonds is 4. The fourth-order valence-corrected chi connectivity index (χ4v) is 2.18. The molecule has 112 valence electrons. The maximum atomic E-state index is 12.2. The van der Waals surface area contributed by atoms with Crippen LogP contribution < -0.4 is 5.56 Å². The van der Waals surface area contributed by atoms with E-state index >= 15 is 0 Å². The van der Waals surface area contributed by atoms with Crippen LogP contribution in [0.5, 0.6) is 0 Å². The van der Waals surface area contributed by atoms with Crippen LogP contribution in [0.4, 0.5) is 0 Å². The van der Waals surface area contributed by atoms with Crippen molar-refractivity contribution in [3.05, 3.63) is 44.3 Å². The van der Waals surface area contributed by atoms with Crippen LogP contribution in [0.1, 0.15) is 28.7 Å². The molecule has 2 rings (SSSR count). The van der Waals surface area contributed by atoms with Gasteiger partial charge in [-0.3, -0.25) is 14.0 Å². The monoisotopic (exact) mass is 354 g/mol. The molecule has 2 aromatic rings. The van der Waals surface area contributed by atoms with Gasteiger partial charge in [0, 0.05) is 7.05 Å². The zero-order chi connectivity index (χ0) is 15.6. The van der Waals surface area contributed by atoms with Gasteiger partial charge < -0.3 is 4.74 Å². The normalized spacial score (nSPS) is 10.7. The molecule has 0 spiro atoms. The molecule has 2 heterocycles. The minimum Gasteiger partial charge on any atom is -0.462 e. The maximum Gasteiger partial charge on any atom is 0.341 e. The molecule has 21 heavy (non-hydrogen) atoms. The van der Waals surface area contributed by atoms with E-state index in [2.05, 4.69) is 26.0 Å². The first kappa shape index (κ1) is 15.4. The third-order valence-corrected chi connectivity index (χ3v) is 3.95. The van der Waals surface area contributed by atoms with Gasteiger partial charge >= 0.3 is 5.97 Å². The van der Waals surface area contributed by atoms with Crippen molar-refractivity contribution in [3.63, 3.8) is 0 Å². The Bertz CT molecular complexity index is 736. The van der Waals surface area contributed by atoms with Crippen LogP contribution in [0.3, 0.4) is 0 Å². The standard InChI is InChI=1S/C13H15BrN4O3/c1-4-21-13(20)9-5-16-17(3)10(9)6-18-7-15-8(2)11(14)12(18)19/h5,7H,4,6H2,1-3H3. The number of hydrogen-bond donors (Lipinski definition) is 0. The van der Waals surface area contributed by atoms with E-state index in [4.69, 9.17) is 4.74 Å². The minimum atomic E-state index is -0.451. The summed E-state index contributed by atoms with van der Waals surface area (Å²) >= 11 is 3.22. The van der Waals surface area contributed by atoms with Crippen molar-refractivity contribution in [2.45, 2.75) is 20.4 Å². The highest BCUT2D eigenvalue weighted by atomic mass is 79.9. The molecule has 0 N–H and O–H groups in total. The molecular weight excluding hydrogens is 340 g/mol. The Hall–Kier alpha value is -1.96. The lowest BCUT2D eigenvalue weighted by molar-refractivity contribution is 0.0524. The second kappa shape index (κ2) is 6.21. The van der Waals surface area contributed by atoms with Crippen molar-refractivity contribution in [1.29, 1.82) is 0 Å². The summed E-state index contributed by atoms with van der Waals surface area (Å²) in [5, 5.41) is 4.05. The largest absolute Gasteiger partial charge is 0.462 e. The summed E-state index contributed by atoms with van der Waals surface area (Å²) in [5.74, 6) is -0.451. The molecule has 0 aliphatic heterocycles. The first-order valence-electron chi connectivity index (χ1n) is 6.35. The maximum absolute atomic E-state index is 12.2. The lowest BCUT2D eigenvalue weighted by Crippen LogP contribution is -2.24. The zero-order valence-electron chi connectivity index (χ0n) is 12.0. The van der Waals surface area contributed by atoms with Gasteiger partial charge in [0.05, 0.1) is 37.1 Å². The average Bonchev–Trinajstić information content (AvgIpc) is 2.81. The number of carbonyl (C=O) groups is 1. The van der Waals surface area contributed by atoms with Crippen molar-refractivity contribution >= 4 is 21.9 Å². The van der Waals surface area contributed by atoms with Gasteiger partial charge in [0.2, 0.25) is 0 Å². The highest BCUT2D eigenvalue weighted by Gasteiger charge is 2.18. The summed E-state index contributed by atoms with van der Waals surface area (Å²) < 4.78 is 8.36. The van der Waals surface area contributed by atoms with Crippen LogP contribution in [-0.4, -0.2) is 31.9 Å².